The third-order valence-corrected chi connectivity index (χ3v) is 4.68. The lowest BCUT2D eigenvalue weighted by atomic mass is 9.78. The van der Waals surface area contributed by atoms with Crippen molar-refractivity contribution in [2.45, 2.75) is 31.6 Å². The summed E-state index contributed by atoms with van der Waals surface area (Å²) < 4.78 is 5.99. The quantitative estimate of drug-likeness (QED) is 0.801. The van der Waals surface area contributed by atoms with Crippen molar-refractivity contribution in [1.82, 2.24) is 0 Å². The number of aromatic hydroxyl groups is 1. The second kappa shape index (κ2) is 4.55. The van der Waals surface area contributed by atoms with E-state index in [1.807, 2.05) is 18.2 Å². The van der Waals surface area contributed by atoms with Crippen LogP contribution in [0.1, 0.15) is 42.7 Å². The second-order valence-electron chi connectivity index (χ2n) is 5.88. The first kappa shape index (κ1) is 11.8. The summed E-state index contributed by atoms with van der Waals surface area (Å²) in [5.74, 6) is 3.15. The first-order valence-electron chi connectivity index (χ1n) is 7.42. The molecule has 1 heterocycles. The molecule has 0 bridgehead atoms. The fraction of sp³-hybridized carbons (Fsp3) is 0.333. The molecule has 0 amide bonds. The van der Waals surface area contributed by atoms with Crippen LogP contribution in [0.15, 0.2) is 42.5 Å². The molecule has 2 nitrogen and oxygen atoms in total. The van der Waals surface area contributed by atoms with Gasteiger partial charge in [0, 0.05) is 23.1 Å². The van der Waals surface area contributed by atoms with Crippen LogP contribution in [0, 0.1) is 5.92 Å². The Morgan fingerprint density at radius 1 is 0.900 bits per heavy atom. The molecule has 0 spiro atoms. The number of benzene rings is 2. The number of phenolic OH excluding ortho intramolecular Hbond substituents is 1. The Bertz CT molecular complexity index is 642. The summed E-state index contributed by atoms with van der Waals surface area (Å²) in [6.45, 7) is 0. The Morgan fingerprint density at radius 3 is 2.50 bits per heavy atom. The molecule has 0 saturated heterocycles. The normalized spacial score (nSPS) is 21.1. The molecule has 1 aliphatic carbocycles. The topological polar surface area (TPSA) is 29.5 Å². The van der Waals surface area contributed by atoms with E-state index in [1.54, 1.807) is 12.1 Å². The summed E-state index contributed by atoms with van der Waals surface area (Å²) in [4.78, 5) is 0. The van der Waals surface area contributed by atoms with Crippen LogP contribution in [0.25, 0.3) is 0 Å². The third-order valence-electron chi connectivity index (χ3n) is 4.68. The van der Waals surface area contributed by atoms with Gasteiger partial charge in [-0.1, -0.05) is 37.1 Å². The molecule has 0 aromatic heterocycles. The Labute approximate surface area is 119 Å². The maximum atomic E-state index is 9.71. The van der Waals surface area contributed by atoms with Gasteiger partial charge >= 0.3 is 0 Å². The molecule has 2 aromatic carbocycles. The number of phenols is 1. The second-order valence-corrected chi connectivity index (χ2v) is 5.88. The zero-order valence-electron chi connectivity index (χ0n) is 11.4. The highest BCUT2D eigenvalue weighted by Gasteiger charge is 2.34. The van der Waals surface area contributed by atoms with Crippen LogP contribution in [0.2, 0.25) is 0 Å². The molecule has 1 N–H and O–H groups in total. The van der Waals surface area contributed by atoms with Gasteiger partial charge in [0.2, 0.25) is 0 Å². The number of para-hydroxylation sites is 1. The summed E-state index contributed by atoms with van der Waals surface area (Å²) in [6, 6.07) is 13.9. The third kappa shape index (κ3) is 1.79. The molecule has 1 fully saturated rings. The minimum Gasteiger partial charge on any atom is -0.508 e. The van der Waals surface area contributed by atoms with Crippen LogP contribution in [0.5, 0.6) is 17.2 Å². The fourth-order valence-corrected chi connectivity index (χ4v) is 3.78. The molecular formula is C18H18O2. The van der Waals surface area contributed by atoms with E-state index < -0.39 is 0 Å². The van der Waals surface area contributed by atoms with Crippen LogP contribution in [-0.4, -0.2) is 5.11 Å². The lowest BCUT2D eigenvalue weighted by Crippen LogP contribution is -2.16. The maximum Gasteiger partial charge on any atom is 0.134 e. The van der Waals surface area contributed by atoms with E-state index in [0.29, 0.717) is 11.8 Å². The van der Waals surface area contributed by atoms with Crippen LogP contribution >= 0.6 is 0 Å². The van der Waals surface area contributed by atoms with Gasteiger partial charge in [-0.2, -0.15) is 0 Å². The molecule has 1 unspecified atom stereocenters. The summed E-state index contributed by atoms with van der Waals surface area (Å²) >= 11 is 0. The fourth-order valence-electron chi connectivity index (χ4n) is 3.78. The lowest BCUT2D eigenvalue weighted by molar-refractivity contribution is 0.394. The van der Waals surface area contributed by atoms with E-state index in [4.69, 9.17) is 4.74 Å². The van der Waals surface area contributed by atoms with E-state index in [-0.39, 0.29) is 5.75 Å². The van der Waals surface area contributed by atoms with Crippen molar-refractivity contribution in [1.29, 1.82) is 0 Å². The van der Waals surface area contributed by atoms with Crippen molar-refractivity contribution in [3.05, 3.63) is 53.6 Å². The molecule has 0 radical (unpaired) electrons. The Balaban J connectivity index is 1.88. The molecule has 4 rings (SSSR count). The average molecular weight is 266 g/mol. The lowest BCUT2D eigenvalue weighted by Gasteiger charge is -2.32. The summed E-state index contributed by atoms with van der Waals surface area (Å²) in [7, 11) is 0. The number of rotatable bonds is 1. The molecule has 1 atom stereocenters. The number of fused-ring (bicyclic) bond motifs is 2. The average Bonchev–Trinajstić information content (AvgIpc) is 2.98. The van der Waals surface area contributed by atoms with E-state index in [1.165, 1.54) is 36.8 Å². The zero-order valence-corrected chi connectivity index (χ0v) is 11.4. The largest absolute Gasteiger partial charge is 0.508 e. The van der Waals surface area contributed by atoms with Gasteiger partial charge < -0.3 is 9.84 Å². The van der Waals surface area contributed by atoms with Crippen molar-refractivity contribution in [3.63, 3.8) is 0 Å². The molecule has 2 heteroatoms. The van der Waals surface area contributed by atoms with Crippen molar-refractivity contribution in [3.8, 4) is 17.2 Å². The molecule has 102 valence electrons. The van der Waals surface area contributed by atoms with Crippen molar-refractivity contribution >= 4 is 0 Å². The molecule has 1 aliphatic heterocycles. The summed E-state index contributed by atoms with van der Waals surface area (Å²) in [5.41, 5.74) is 2.53. The highest BCUT2D eigenvalue weighted by Crippen LogP contribution is 2.51. The standard InChI is InChI=1S/C18H18O2/c19-13-9-10-15-17(11-13)20-16-8-4-3-7-14(16)18(15)12-5-1-2-6-12/h3-4,7-12,18-19H,1-2,5-6H2. The molecular weight excluding hydrogens is 248 g/mol. The smallest absolute Gasteiger partial charge is 0.134 e. The predicted molar refractivity (Wildman–Crippen MR) is 78.4 cm³/mol. The number of hydrogen-bond acceptors (Lipinski definition) is 2. The minimum absolute atomic E-state index is 0.272. The SMILES string of the molecule is Oc1ccc2c(c1)Oc1ccccc1C2C1CCCC1. The zero-order chi connectivity index (χ0) is 13.5. The molecule has 2 aliphatic rings. The van der Waals surface area contributed by atoms with Crippen molar-refractivity contribution in [2.24, 2.45) is 5.92 Å². The van der Waals surface area contributed by atoms with Gasteiger partial charge in [0.05, 0.1) is 0 Å². The van der Waals surface area contributed by atoms with Gasteiger partial charge in [-0.3, -0.25) is 0 Å². The number of ether oxygens (including phenoxy) is 1. The Hall–Kier alpha value is -1.96. The monoisotopic (exact) mass is 266 g/mol. The molecule has 2 aromatic rings. The van der Waals surface area contributed by atoms with Gasteiger partial charge in [-0.15, -0.1) is 0 Å². The first-order valence-corrected chi connectivity index (χ1v) is 7.42. The number of hydrogen-bond donors (Lipinski definition) is 1. The van der Waals surface area contributed by atoms with Gasteiger partial charge in [-0.25, -0.2) is 0 Å². The van der Waals surface area contributed by atoms with Gasteiger partial charge in [0.1, 0.15) is 17.2 Å². The molecule has 20 heavy (non-hydrogen) atoms. The van der Waals surface area contributed by atoms with Crippen LogP contribution < -0.4 is 4.74 Å². The van der Waals surface area contributed by atoms with E-state index in [0.717, 1.165) is 11.5 Å². The molecule has 1 saturated carbocycles. The Morgan fingerprint density at radius 2 is 1.65 bits per heavy atom. The van der Waals surface area contributed by atoms with Crippen LogP contribution in [-0.2, 0) is 0 Å². The van der Waals surface area contributed by atoms with Crippen molar-refractivity contribution in [2.75, 3.05) is 0 Å². The van der Waals surface area contributed by atoms with E-state index in [9.17, 15) is 5.11 Å². The van der Waals surface area contributed by atoms with Crippen molar-refractivity contribution < 1.29 is 9.84 Å². The summed E-state index contributed by atoms with van der Waals surface area (Å²) in [6.07, 6.45) is 5.24. The van der Waals surface area contributed by atoms with Gasteiger partial charge in [-0.05, 0) is 30.9 Å². The van der Waals surface area contributed by atoms with Gasteiger partial charge in [0.15, 0.2) is 0 Å². The van der Waals surface area contributed by atoms with E-state index >= 15 is 0 Å². The minimum atomic E-state index is 0.272. The Kier molecular flexibility index (Phi) is 2.69. The van der Waals surface area contributed by atoms with E-state index in [2.05, 4.69) is 12.1 Å². The predicted octanol–water partition coefficient (Wildman–Crippen LogP) is 4.82. The first-order chi connectivity index (χ1) is 9.83. The van der Waals surface area contributed by atoms with Crippen LogP contribution in [0.4, 0.5) is 0 Å². The summed E-state index contributed by atoms with van der Waals surface area (Å²) in [5, 5.41) is 9.71. The maximum absolute atomic E-state index is 9.71. The van der Waals surface area contributed by atoms with Gasteiger partial charge in [0.25, 0.3) is 0 Å². The highest BCUT2D eigenvalue weighted by molar-refractivity contribution is 5.55. The van der Waals surface area contributed by atoms with Crippen LogP contribution in [0.3, 0.4) is 0 Å². The highest BCUT2D eigenvalue weighted by atomic mass is 16.5.